The lowest BCUT2D eigenvalue weighted by molar-refractivity contribution is 0.322. The van der Waals surface area contributed by atoms with E-state index >= 15 is 0 Å². The summed E-state index contributed by atoms with van der Waals surface area (Å²) in [4.78, 5) is 10.4. The highest BCUT2D eigenvalue weighted by molar-refractivity contribution is 7.19. The molecule has 0 atom stereocenters. The molecule has 3 aromatic heterocycles. The molecule has 1 aliphatic rings. The molecule has 0 saturated heterocycles. The van der Waals surface area contributed by atoms with Crippen LogP contribution >= 0.6 is 22.9 Å². The summed E-state index contributed by atoms with van der Waals surface area (Å²) < 4.78 is 3.09. The Morgan fingerprint density at radius 1 is 1.26 bits per heavy atom. The second-order valence-electron chi connectivity index (χ2n) is 4.84. The molecule has 1 aliphatic carbocycles. The number of nitrogens with zero attached hydrogens (tertiary/aromatic N) is 3. The summed E-state index contributed by atoms with van der Waals surface area (Å²) in [6, 6.07) is 8.47. The number of hydrogen-bond donors (Lipinski definition) is 0. The van der Waals surface area contributed by atoms with Crippen molar-refractivity contribution in [2.45, 2.75) is 25.3 Å². The van der Waals surface area contributed by atoms with E-state index < -0.39 is 0 Å². The predicted molar refractivity (Wildman–Crippen MR) is 78.7 cm³/mol. The first kappa shape index (κ1) is 11.4. The minimum Gasteiger partial charge on any atom is -0.305 e. The number of imidazole rings is 1. The summed E-state index contributed by atoms with van der Waals surface area (Å²) in [6.07, 6.45) is 5.56. The molecule has 3 heterocycles. The molecule has 0 aromatic carbocycles. The van der Waals surface area contributed by atoms with Crippen molar-refractivity contribution in [1.29, 1.82) is 0 Å². The van der Waals surface area contributed by atoms with E-state index in [0.717, 1.165) is 26.2 Å². The molecule has 1 fully saturated rings. The fourth-order valence-electron chi connectivity index (χ4n) is 2.53. The Balaban J connectivity index is 1.98. The summed E-state index contributed by atoms with van der Waals surface area (Å²) >= 11 is 7.63. The van der Waals surface area contributed by atoms with Crippen LogP contribution in [0.15, 0.2) is 30.5 Å². The van der Waals surface area contributed by atoms with Crippen molar-refractivity contribution in [2.24, 2.45) is 0 Å². The van der Waals surface area contributed by atoms with E-state index in [-0.39, 0.29) is 0 Å². The third-order valence-corrected chi connectivity index (χ3v) is 4.91. The van der Waals surface area contributed by atoms with Gasteiger partial charge in [0, 0.05) is 12.2 Å². The number of fused-ring (bicyclic) bond motifs is 1. The van der Waals surface area contributed by atoms with Gasteiger partial charge in [-0.05, 0) is 43.5 Å². The molecule has 0 bridgehead atoms. The Labute approximate surface area is 119 Å². The topological polar surface area (TPSA) is 30.7 Å². The first-order chi connectivity index (χ1) is 9.33. The highest BCUT2D eigenvalue weighted by Gasteiger charge is 2.26. The lowest BCUT2D eigenvalue weighted by atomic mass is 9.93. The van der Waals surface area contributed by atoms with E-state index in [2.05, 4.69) is 9.55 Å². The molecule has 4 rings (SSSR count). The van der Waals surface area contributed by atoms with Crippen molar-refractivity contribution in [3.63, 3.8) is 0 Å². The summed E-state index contributed by atoms with van der Waals surface area (Å²) in [5.74, 6) is 1.01. The Kier molecular flexibility index (Phi) is 2.60. The Morgan fingerprint density at radius 2 is 2.16 bits per heavy atom. The maximum Gasteiger partial charge on any atom is 0.160 e. The van der Waals surface area contributed by atoms with Crippen molar-refractivity contribution in [3.05, 3.63) is 34.8 Å². The zero-order valence-corrected chi connectivity index (χ0v) is 11.8. The van der Waals surface area contributed by atoms with Gasteiger partial charge < -0.3 is 4.57 Å². The molecule has 0 N–H and O–H groups in total. The zero-order chi connectivity index (χ0) is 12.8. The smallest absolute Gasteiger partial charge is 0.160 e. The average molecular weight is 290 g/mol. The fraction of sp³-hybridized carbons (Fsp3) is 0.286. The van der Waals surface area contributed by atoms with Gasteiger partial charge in [0.1, 0.15) is 5.52 Å². The van der Waals surface area contributed by atoms with Gasteiger partial charge in [-0.1, -0.05) is 11.6 Å². The van der Waals surface area contributed by atoms with Crippen LogP contribution in [0.4, 0.5) is 0 Å². The number of thiophene rings is 1. The molecule has 0 unspecified atom stereocenters. The predicted octanol–water partition coefficient (Wildman–Crippen LogP) is 4.54. The molecule has 3 nitrogen and oxygen atoms in total. The quantitative estimate of drug-likeness (QED) is 0.693. The van der Waals surface area contributed by atoms with Gasteiger partial charge in [0.05, 0.1) is 9.21 Å². The van der Waals surface area contributed by atoms with Crippen LogP contribution < -0.4 is 0 Å². The molecule has 3 aromatic rings. The summed E-state index contributed by atoms with van der Waals surface area (Å²) in [7, 11) is 0. The van der Waals surface area contributed by atoms with Crippen LogP contribution in [0, 0.1) is 0 Å². The van der Waals surface area contributed by atoms with E-state index in [1.54, 1.807) is 11.3 Å². The average Bonchev–Trinajstić information content (AvgIpc) is 2.92. The Hall–Kier alpha value is -1.39. The van der Waals surface area contributed by atoms with Crippen LogP contribution in [0.2, 0.25) is 4.34 Å². The van der Waals surface area contributed by atoms with E-state index in [1.165, 1.54) is 19.3 Å². The molecule has 0 amide bonds. The van der Waals surface area contributed by atoms with Crippen LogP contribution in [-0.4, -0.2) is 14.5 Å². The van der Waals surface area contributed by atoms with Gasteiger partial charge in [-0.15, -0.1) is 11.3 Å². The van der Waals surface area contributed by atoms with Crippen molar-refractivity contribution < 1.29 is 0 Å². The van der Waals surface area contributed by atoms with E-state index in [0.29, 0.717) is 6.04 Å². The highest BCUT2D eigenvalue weighted by Crippen LogP contribution is 2.40. The zero-order valence-electron chi connectivity index (χ0n) is 10.2. The van der Waals surface area contributed by atoms with E-state index in [9.17, 15) is 0 Å². The number of halogens is 1. The molecule has 96 valence electrons. The van der Waals surface area contributed by atoms with Gasteiger partial charge in [0.15, 0.2) is 11.5 Å². The Morgan fingerprint density at radius 3 is 2.84 bits per heavy atom. The second kappa shape index (κ2) is 4.32. The maximum absolute atomic E-state index is 6.05. The van der Waals surface area contributed by atoms with Crippen LogP contribution in [0.25, 0.3) is 21.9 Å². The lowest BCUT2D eigenvalue weighted by Crippen LogP contribution is -2.18. The molecule has 0 spiro atoms. The molecular formula is C14H12ClN3S. The van der Waals surface area contributed by atoms with Crippen LogP contribution in [-0.2, 0) is 0 Å². The van der Waals surface area contributed by atoms with Crippen molar-refractivity contribution >= 4 is 34.1 Å². The molecule has 0 aliphatic heterocycles. The van der Waals surface area contributed by atoms with Gasteiger partial charge in [-0.25, -0.2) is 9.97 Å². The monoisotopic (exact) mass is 289 g/mol. The first-order valence-corrected chi connectivity index (χ1v) is 7.61. The van der Waals surface area contributed by atoms with E-state index in [4.69, 9.17) is 16.6 Å². The first-order valence-electron chi connectivity index (χ1n) is 6.41. The highest BCUT2D eigenvalue weighted by atomic mass is 35.5. The van der Waals surface area contributed by atoms with Crippen LogP contribution in [0.3, 0.4) is 0 Å². The largest absolute Gasteiger partial charge is 0.305 e. The van der Waals surface area contributed by atoms with Gasteiger partial charge >= 0.3 is 0 Å². The molecular weight excluding hydrogens is 278 g/mol. The summed E-state index contributed by atoms with van der Waals surface area (Å²) in [5.41, 5.74) is 1.96. The number of pyridine rings is 1. The fourth-order valence-corrected chi connectivity index (χ4v) is 3.56. The third-order valence-electron chi connectivity index (χ3n) is 3.68. The molecule has 19 heavy (non-hydrogen) atoms. The number of aromatic nitrogens is 3. The SMILES string of the molecule is Clc1ccc(-c2nc3cccnc3n2C2CCC2)s1. The van der Waals surface area contributed by atoms with Crippen molar-refractivity contribution in [2.75, 3.05) is 0 Å². The van der Waals surface area contributed by atoms with Gasteiger partial charge in [0.25, 0.3) is 0 Å². The van der Waals surface area contributed by atoms with Gasteiger partial charge in [0.2, 0.25) is 0 Å². The molecule has 5 heteroatoms. The maximum atomic E-state index is 6.05. The van der Waals surface area contributed by atoms with Crippen LogP contribution in [0.5, 0.6) is 0 Å². The van der Waals surface area contributed by atoms with Crippen molar-refractivity contribution in [3.8, 4) is 10.7 Å². The summed E-state index contributed by atoms with van der Waals surface area (Å²) in [6.45, 7) is 0. The molecule has 1 saturated carbocycles. The van der Waals surface area contributed by atoms with Crippen molar-refractivity contribution in [1.82, 2.24) is 14.5 Å². The second-order valence-corrected chi connectivity index (χ2v) is 6.56. The standard InChI is InChI=1S/C14H12ClN3S/c15-12-7-6-11(19-12)14-17-10-5-2-8-16-13(10)18(14)9-3-1-4-9/h2,5-9H,1,3-4H2. The number of rotatable bonds is 2. The van der Waals surface area contributed by atoms with E-state index in [1.807, 2.05) is 30.5 Å². The van der Waals surface area contributed by atoms with Crippen LogP contribution in [0.1, 0.15) is 25.3 Å². The summed E-state index contributed by atoms with van der Waals surface area (Å²) in [5, 5.41) is 0. The van der Waals surface area contributed by atoms with Gasteiger partial charge in [-0.2, -0.15) is 0 Å². The number of hydrogen-bond acceptors (Lipinski definition) is 3. The lowest BCUT2D eigenvalue weighted by Gasteiger charge is -2.28. The van der Waals surface area contributed by atoms with Gasteiger partial charge in [-0.3, -0.25) is 0 Å². The Bertz CT molecular complexity index is 742. The minimum atomic E-state index is 0.538. The minimum absolute atomic E-state index is 0.538. The normalized spacial score (nSPS) is 15.8. The third kappa shape index (κ3) is 1.78. The molecule has 0 radical (unpaired) electrons.